The number of hydrogen-bond acceptors (Lipinski definition) is 14. The molecule has 0 saturated heterocycles. The molecule has 0 saturated carbocycles. The molecule has 0 unspecified atom stereocenters. The van der Waals surface area contributed by atoms with Crippen LogP contribution < -0.4 is 19.1 Å². The number of ether oxygens (including phenoxy) is 7. The minimum atomic E-state index is -0.909. The van der Waals surface area contributed by atoms with Crippen LogP contribution in [0.3, 0.4) is 0 Å². The van der Waals surface area contributed by atoms with Gasteiger partial charge in [0.05, 0.1) is 32.0 Å². The van der Waals surface area contributed by atoms with Gasteiger partial charge in [-0.25, -0.2) is 24.0 Å². The Morgan fingerprint density at radius 2 is 1.06 bits per heavy atom. The molecule has 0 aliphatic rings. The summed E-state index contributed by atoms with van der Waals surface area (Å²) < 4.78 is 35.3. The topological polar surface area (TPSA) is 168 Å². The number of rotatable bonds is 20. The van der Waals surface area contributed by atoms with E-state index in [-0.39, 0.29) is 55.8 Å². The number of esters is 3. The van der Waals surface area contributed by atoms with E-state index in [0.29, 0.717) is 37.0 Å². The maximum absolute atomic E-state index is 12.7. The highest BCUT2D eigenvalue weighted by Gasteiger charge is 2.13. The van der Waals surface area contributed by atoms with Crippen molar-refractivity contribution in [3.63, 3.8) is 0 Å². The lowest BCUT2D eigenvalue weighted by Gasteiger charge is -2.11. The van der Waals surface area contributed by atoms with Gasteiger partial charge >= 0.3 is 30.2 Å². The third kappa shape index (κ3) is 15.3. The van der Waals surface area contributed by atoms with Gasteiger partial charge in [-0.3, -0.25) is 0 Å². The number of carbonyl (C=O) groups excluding carboxylic acids is 5. The molecule has 0 aliphatic carbocycles. The molecule has 3 aromatic rings. The molecule has 0 fully saturated rings. The van der Waals surface area contributed by atoms with E-state index in [2.05, 4.69) is 13.2 Å². The molecule has 14 nitrogen and oxygen atoms in total. The first kappa shape index (κ1) is 39.3. The van der Waals surface area contributed by atoms with Gasteiger partial charge in [0.25, 0.3) is 0 Å². The third-order valence-corrected chi connectivity index (χ3v) is 6.49. The van der Waals surface area contributed by atoms with Gasteiger partial charge in [0.15, 0.2) is 5.75 Å². The minimum Gasteiger partial charge on any atom is -0.463 e. The number of hydrogen-bond donors (Lipinski definition) is 0. The Morgan fingerprint density at radius 1 is 0.588 bits per heavy atom. The Kier molecular flexibility index (Phi) is 16.8. The van der Waals surface area contributed by atoms with Crippen molar-refractivity contribution < 1.29 is 66.9 Å². The van der Waals surface area contributed by atoms with Crippen molar-refractivity contribution in [1.82, 2.24) is 0 Å². The largest absolute Gasteiger partial charge is 0.513 e. The number of unbranched alkanes of at least 4 members (excludes halogenated alkanes) is 2. The Labute approximate surface area is 294 Å². The molecule has 0 spiro atoms. The van der Waals surface area contributed by atoms with Crippen LogP contribution >= 0.6 is 0 Å². The van der Waals surface area contributed by atoms with Crippen LogP contribution in [0, 0.1) is 6.92 Å². The van der Waals surface area contributed by atoms with Gasteiger partial charge in [-0.05, 0) is 98.3 Å². The van der Waals surface area contributed by atoms with Crippen LogP contribution in [0.2, 0.25) is 0 Å². The Hall–Kier alpha value is -6.15. The van der Waals surface area contributed by atoms with Crippen molar-refractivity contribution in [3.8, 4) is 23.0 Å². The van der Waals surface area contributed by atoms with E-state index in [1.54, 1.807) is 49.4 Å². The van der Waals surface area contributed by atoms with Crippen LogP contribution in [0.1, 0.15) is 47.2 Å². The van der Waals surface area contributed by atoms with Gasteiger partial charge in [-0.1, -0.05) is 25.3 Å². The van der Waals surface area contributed by atoms with Gasteiger partial charge in [-0.2, -0.15) is 4.89 Å². The van der Waals surface area contributed by atoms with Gasteiger partial charge in [0.2, 0.25) is 0 Å². The molecule has 0 amide bonds. The molecule has 0 aliphatic heterocycles. The maximum atomic E-state index is 12.7. The highest BCUT2D eigenvalue weighted by Crippen LogP contribution is 2.25. The molecule has 0 heterocycles. The first-order valence-electron chi connectivity index (χ1n) is 15.8. The van der Waals surface area contributed by atoms with Crippen LogP contribution in [0.25, 0.3) is 0 Å². The number of benzene rings is 3. The zero-order valence-corrected chi connectivity index (χ0v) is 28.0. The van der Waals surface area contributed by atoms with E-state index < -0.39 is 30.2 Å². The smallest absolute Gasteiger partial charge is 0.463 e. The van der Waals surface area contributed by atoms with E-state index in [1.807, 2.05) is 0 Å². The lowest BCUT2D eigenvalue weighted by molar-refractivity contribution is -0.218. The second-order valence-corrected chi connectivity index (χ2v) is 10.4. The summed E-state index contributed by atoms with van der Waals surface area (Å²) >= 11 is 0. The highest BCUT2D eigenvalue weighted by molar-refractivity contribution is 5.91. The van der Waals surface area contributed by atoms with E-state index in [9.17, 15) is 24.0 Å². The summed E-state index contributed by atoms with van der Waals surface area (Å²) in [5.74, 6) is -0.516. The lowest BCUT2D eigenvalue weighted by atomic mass is 10.2. The average molecular weight is 707 g/mol. The molecule has 0 radical (unpaired) electrons. The molecule has 0 bridgehead atoms. The SMILES string of the molecule is C=CC(=O)OCCCCOC(=O)Oc1ccc(COOc2ccc(OC(=O)c3ccc(OC(=O)OCCCCOC(=O)C=C)cc3)cc2C)cc1. The fraction of sp³-hybridized carbons (Fsp3) is 0.270. The highest BCUT2D eigenvalue weighted by atomic mass is 17.2. The summed E-state index contributed by atoms with van der Waals surface area (Å²) in [5.41, 5.74) is 1.60. The monoisotopic (exact) mass is 706 g/mol. The van der Waals surface area contributed by atoms with Crippen LogP contribution in [0.4, 0.5) is 9.59 Å². The summed E-state index contributed by atoms with van der Waals surface area (Å²) in [7, 11) is 0. The first-order chi connectivity index (χ1) is 24.7. The Morgan fingerprint density at radius 3 is 1.55 bits per heavy atom. The van der Waals surface area contributed by atoms with Crippen LogP contribution in [-0.2, 0) is 40.0 Å². The molecule has 14 heteroatoms. The van der Waals surface area contributed by atoms with Gasteiger partial charge in [-0.15, -0.1) is 0 Å². The van der Waals surface area contributed by atoms with Crippen LogP contribution in [0.15, 0.2) is 92.0 Å². The van der Waals surface area contributed by atoms with E-state index >= 15 is 0 Å². The fourth-order valence-corrected chi connectivity index (χ4v) is 3.85. The van der Waals surface area contributed by atoms with Gasteiger partial charge < -0.3 is 38.0 Å². The lowest BCUT2D eigenvalue weighted by Crippen LogP contribution is -2.12. The molecule has 3 rings (SSSR count). The summed E-state index contributed by atoms with van der Waals surface area (Å²) in [6.07, 6.45) is 2.39. The summed E-state index contributed by atoms with van der Waals surface area (Å²) in [6.45, 7) is 9.04. The van der Waals surface area contributed by atoms with Crippen molar-refractivity contribution in [1.29, 1.82) is 0 Å². The summed E-state index contributed by atoms with van der Waals surface area (Å²) in [4.78, 5) is 69.1. The molecule has 3 aromatic carbocycles. The zero-order chi connectivity index (χ0) is 36.8. The molecule has 51 heavy (non-hydrogen) atoms. The molecular weight excluding hydrogens is 668 g/mol. The second kappa shape index (κ2) is 21.7. The van der Waals surface area contributed by atoms with Gasteiger partial charge in [0, 0.05) is 12.2 Å². The predicted octanol–water partition coefficient (Wildman–Crippen LogP) is 6.77. The predicted molar refractivity (Wildman–Crippen MR) is 179 cm³/mol. The molecular formula is C37H38O14. The second-order valence-electron chi connectivity index (χ2n) is 10.4. The van der Waals surface area contributed by atoms with E-state index in [4.69, 9.17) is 42.9 Å². The standard InChI is InChI=1S/C37H38O14/c1-4-33(38)43-20-6-8-22-45-36(41)49-29-14-10-27(11-15-29)25-47-51-32-19-18-31(24-26(32)3)48-35(40)28-12-16-30(17-13-28)50-37(42)46-23-9-7-21-44-34(39)5-2/h4-5,10-19,24H,1-2,6-9,20-23,25H2,3H3. The van der Waals surface area contributed by atoms with E-state index in [0.717, 1.165) is 17.7 Å². The maximum Gasteiger partial charge on any atom is 0.513 e. The van der Waals surface area contributed by atoms with Crippen molar-refractivity contribution in [3.05, 3.63) is 109 Å². The Bertz CT molecular complexity index is 1630. The van der Waals surface area contributed by atoms with Crippen LogP contribution in [0.5, 0.6) is 23.0 Å². The zero-order valence-electron chi connectivity index (χ0n) is 28.0. The number of carbonyl (C=O) groups is 5. The van der Waals surface area contributed by atoms with Crippen molar-refractivity contribution in [2.45, 2.75) is 39.2 Å². The average Bonchev–Trinajstić information content (AvgIpc) is 3.12. The normalized spacial score (nSPS) is 10.2. The van der Waals surface area contributed by atoms with E-state index in [1.165, 1.54) is 24.3 Å². The van der Waals surface area contributed by atoms with Crippen molar-refractivity contribution >= 4 is 30.2 Å². The van der Waals surface area contributed by atoms with Crippen LogP contribution in [-0.4, -0.2) is 56.6 Å². The molecule has 0 aromatic heterocycles. The third-order valence-electron chi connectivity index (χ3n) is 6.49. The number of aryl methyl sites for hydroxylation is 1. The van der Waals surface area contributed by atoms with Gasteiger partial charge in [0.1, 0.15) is 23.9 Å². The fourth-order valence-electron chi connectivity index (χ4n) is 3.85. The van der Waals surface area contributed by atoms with Crippen molar-refractivity contribution in [2.75, 3.05) is 26.4 Å². The summed E-state index contributed by atoms with van der Waals surface area (Å²) in [5, 5.41) is 0. The quantitative estimate of drug-likeness (QED) is 0.0176. The minimum absolute atomic E-state index is 0.0814. The van der Waals surface area contributed by atoms with Crippen molar-refractivity contribution in [2.24, 2.45) is 0 Å². The molecule has 0 atom stereocenters. The Balaban J connectivity index is 1.34. The molecule has 270 valence electrons. The first-order valence-corrected chi connectivity index (χ1v) is 15.8. The summed E-state index contributed by atoms with van der Waals surface area (Å²) in [6, 6.07) is 17.0. The molecule has 0 N–H and O–H groups in total.